The van der Waals surface area contributed by atoms with Crippen molar-refractivity contribution in [2.45, 2.75) is 26.6 Å². The highest BCUT2D eigenvalue weighted by atomic mass is 79.9. The van der Waals surface area contributed by atoms with Crippen LogP contribution >= 0.6 is 15.9 Å². The number of hydrogen-bond acceptors (Lipinski definition) is 1. The molecule has 0 aliphatic carbocycles. The Morgan fingerprint density at radius 2 is 1.52 bits per heavy atom. The Morgan fingerprint density at radius 1 is 1.00 bits per heavy atom. The van der Waals surface area contributed by atoms with Crippen molar-refractivity contribution in [1.82, 2.24) is 0 Å². The van der Waals surface area contributed by atoms with Crippen LogP contribution in [0, 0.1) is 13.8 Å². The molecule has 1 N–H and O–H groups in total. The third-order valence-corrected chi connectivity index (χ3v) is 3.71. The van der Waals surface area contributed by atoms with Gasteiger partial charge in [-0.2, -0.15) is 13.2 Å². The van der Waals surface area contributed by atoms with Gasteiger partial charge in [-0.25, -0.2) is 0 Å². The Bertz CT molecular complexity index is 610. The molecular weight excluding hydrogens is 343 g/mol. The number of halogens is 4. The molecule has 5 heteroatoms. The first-order valence-electron chi connectivity index (χ1n) is 6.44. The van der Waals surface area contributed by atoms with E-state index in [9.17, 15) is 13.2 Å². The summed E-state index contributed by atoms with van der Waals surface area (Å²) in [5, 5.41) is 3.28. The molecule has 0 aromatic heterocycles. The zero-order chi connectivity index (χ0) is 15.6. The number of anilines is 1. The molecule has 0 bridgehead atoms. The minimum absolute atomic E-state index is 0.488. The summed E-state index contributed by atoms with van der Waals surface area (Å²) in [5.74, 6) is 0. The first-order chi connectivity index (χ1) is 9.77. The summed E-state index contributed by atoms with van der Waals surface area (Å²) >= 11 is 3.44. The maximum atomic E-state index is 12.5. The van der Waals surface area contributed by atoms with E-state index < -0.39 is 11.7 Å². The fourth-order valence-corrected chi connectivity index (χ4v) is 2.88. The molecule has 0 aliphatic heterocycles. The minimum atomic E-state index is -4.29. The summed E-state index contributed by atoms with van der Waals surface area (Å²) in [6, 6.07) is 9.22. The van der Waals surface area contributed by atoms with Crippen LogP contribution in [0.3, 0.4) is 0 Å². The van der Waals surface area contributed by atoms with Crippen LogP contribution in [0.15, 0.2) is 40.9 Å². The molecule has 21 heavy (non-hydrogen) atoms. The zero-order valence-electron chi connectivity index (χ0n) is 11.7. The van der Waals surface area contributed by atoms with Crippen molar-refractivity contribution in [3.63, 3.8) is 0 Å². The van der Waals surface area contributed by atoms with E-state index >= 15 is 0 Å². The third-order valence-electron chi connectivity index (χ3n) is 3.25. The highest BCUT2D eigenvalue weighted by Crippen LogP contribution is 2.29. The monoisotopic (exact) mass is 357 g/mol. The van der Waals surface area contributed by atoms with Crippen LogP contribution in [0.1, 0.15) is 22.3 Å². The molecule has 0 amide bonds. The van der Waals surface area contributed by atoms with Gasteiger partial charge in [-0.05, 0) is 54.8 Å². The Labute approximate surface area is 130 Å². The van der Waals surface area contributed by atoms with Crippen molar-refractivity contribution in [3.05, 3.63) is 63.1 Å². The predicted molar refractivity (Wildman–Crippen MR) is 82.4 cm³/mol. The molecule has 0 saturated carbocycles. The Balaban J connectivity index is 2.10. The third kappa shape index (κ3) is 4.00. The zero-order valence-corrected chi connectivity index (χ0v) is 13.3. The Hall–Kier alpha value is -1.49. The van der Waals surface area contributed by atoms with E-state index in [1.165, 1.54) is 12.1 Å². The van der Waals surface area contributed by atoms with Crippen molar-refractivity contribution in [2.24, 2.45) is 0 Å². The molecule has 2 rings (SSSR count). The number of benzene rings is 2. The van der Waals surface area contributed by atoms with Crippen molar-refractivity contribution in [1.29, 1.82) is 0 Å². The van der Waals surface area contributed by atoms with Crippen molar-refractivity contribution in [2.75, 3.05) is 5.32 Å². The van der Waals surface area contributed by atoms with E-state index in [2.05, 4.69) is 21.2 Å². The average Bonchev–Trinajstić information content (AvgIpc) is 2.37. The molecule has 1 nitrogen and oxygen atoms in total. The van der Waals surface area contributed by atoms with Crippen LogP contribution in [0.25, 0.3) is 0 Å². The standard InChI is InChI=1S/C16H15BrF3N/c1-10-7-14(17)8-11(2)15(10)21-9-12-3-5-13(6-4-12)16(18,19)20/h3-8,21H,9H2,1-2H3. The number of nitrogens with one attached hydrogen (secondary N) is 1. The predicted octanol–water partition coefficient (Wildman–Crippen LogP) is 5.70. The summed E-state index contributed by atoms with van der Waals surface area (Å²) in [7, 11) is 0. The molecule has 0 unspecified atom stereocenters. The lowest BCUT2D eigenvalue weighted by atomic mass is 10.1. The number of hydrogen-bond donors (Lipinski definition) is 1. The van der Waals surface area contributed by atoms with Gasteiger partial charge in [0.25, 0.3) is 0 Å². The molecule has 0 spiro atoms. The van der Waals surface area contributed by atoms with Gasteiger partial charge in [-0.15, -0.1) is 0 Å². The second-order valence-corrected chi connectivity index (χ2v) is 5.88. The largest absolute Gasteiger partial charge is 0.416 e. The SMILES string of the molecule is Cc1cc(Br)cc(C)c1NCc1ccc(C(F)(F)F)cc1. The molecule has 0 atom stereocenters. The molecule has 0 radical (unpaired) electrons. The summed E-state index contributed by atoms with van der Waals surface area (Å²) in [5.41, 5.74) is 3.38. The number of rotatable bonds is 3. The first kappa shape index (κ1) is 15.9. The summed E-state index contributed by atoms with van der Waals surface area (Å²) in [4.78, 5) is 0. The van der Waals surface area contributed by atoms with E-state index in [1.54, 1.807) is 0 Å². The lowest BCUT2D eigenvalue weighted by molar-refractivity contribution is -0.137. The topological polar surface area (TPSA) is 12.0 Å². The second-order valence-electron chi connectivity index (χ2n) is 4.96. The van der Waals surface area contributed by atoms with Crippen LogP contribution in [0.2, 0.25) is 0 Å². The van der Waals surface area contributed by atoms with Gasteiger partial charge < -0.3 is 5.32 Å². The van der Waals surface area contributed by atoms with Gasteiger partial charge in [-0.1, -0.05) is 28.1 Å². The van der Waals surface area contributed by atoms with E-state index in [4.69, 9.17) is 0 Å². The molecule has 0 saturated heterocycles. The summed E-state index contributed by atoms with van der Waals surface area (Å²) < 4.78 is 38.5. The molecule has 112 valence electrons. The summed E-state index contributed by atoms with van der Waals surface area (Å²) in [6.07, 6.45) is -4.29. The van der Waals surface area contributed by atoms with Crippen LogP contribution in [0.5, 0.6) is 0 Å². The van der Waals surface area contributed by atoms with Gasteiger partial charge in [0.05, 0.1) is 5.56 Å². The highest BCUT2D eigenvalue weighted by molar-refractivity contribution is 9.10. The van der Waals surface area contributed by atoms with Gasteiger partial charge >= 0.3 is 6.18 Å². The van der Waals surface area contributed by atoms with Gasteiger partial charge in [-0.3, -0.25) is 0 Å². The van der Waals surface area contributed by atoms with Gasteiger partial charge in [0.2, 0.25) is 0 Å². The molecule has 0 heterocycles. The molecule has 2 aromatic rings. The number of aryl methyl sites for hydroxylation is 2. The van der Waals surface area contributed by atoms with E-state index in [0.29, 0.717) is 6.54 Å². The molecule has 0 fully saturated rings. The van der Waals surface area contributed by atoms with Crippen LogP contribution in [-0.4, -0.2) is 0 Å². The number of alkyl halides is 3. The molecule has 0 aliphatic rings. The fourth-order valence-electron chi connectivity index (χ4n) is 2.19. The van der Waals surface area contributed by atoms with Crippen LogP contribution in [-0.2, 0) is 12.7 Å². The quantitative estimate of drug-likeness (QED) is 0.743. The second kappa shape index (κ2) is 6.10. The van der Waals surface area contributed by atoms with Gasteiger partial charge in [0.15, 0.2) is 0 Å². The molecule has 2 aromatic carbocycles. The maximum Gasteiger partial charge on any atom is 0.416 e. The highest BCUT2D eigenvalue weighted by Gasteiger charge is 2.29. The Morgan fingerprint density at radius 3 is 2.00 bits per heavy atom. The smallest absolute Gasteiger partial charge is 0.381 e. The lowest BCUT2D eigenvalue weighted by Crippen LogP contribution is -2.06. The lowest BCUT2D eigenvalue weighted by Gasteiger charge is -2.14. The summed E-state index contributed by atoms with van der Waals surface area (Å²) in [6.45, 7) is 4.47. The minimum Gasteiger partial charge on any atom is -0.381 e. The van der Waals surface area contributed by atoms with Crippen LogP contribution < -0.4 is 5.32 Å². The van der Waals surface area contributed by atoms with Crippen molar-refractivity contribution >= 4 is 21.6 Å². The average molecular weight is 358 g/mol. The van der Waals surface area contributed by atoms with Crippen molar-refractivity contribution in [3.8, 4) is 0 Å². The van der Waals surface area contributed by atoms with E-state index in [0.717, 1.165) is 39.0 Å². The first-order valence-corrected chi connectivity index (χ1v) is 7.23. The van der Waals surface area contributed by atoms with E-state index in [1.807, 2.05) is 26.0 Å². The fraction of sp³-hybridized carbons (Fsp3) is 0.250. The maximum absolute atomic E-state index is 12.5. The van der Waals surface area contributed by atoms with Crippen molar-refractivity contribution < 1.29 is 13.2 Å². The normalized spacial score (nSPS) is 11.5. The van der Waals surface area contributed by atoms with Gasteiger partial charge in [0, 0.05) is 16.7 Å². The Kier molecular flexibility index (Phi) is 4.61. The van der Waals surface area contributed by atoms with Gasteiger partial charge in [0.1, 0.15) is 0 Å². The van der Waals surface area contributed by atoms with Crippen LogP contribution in [0.4, 0.5) is 18.9 Å². The molecular formula is C16H15BrF3N. The van der Waals surface area contributed by atoms with E-state index in [-0.39, 0.29) is 0 Å².